The number of benzene rings is 5. The second kappa shape index (κ2) is 10.4. The van der Waals surface area contributed by atoms with Crippen LogP contribution in [-0.4, -0.2) is 15.0 Å². The summed E-state index contributed by atoms with van der Waals surface area (Å²) < 4.78 is 0. The summed E-state index contributed by atoms with van der Waals surface area (Å²) in [6.07, 6.45) is 0. The molecule has 0 aliphatic heterocycles. The molecule has 182 valence electrons. The predicted octanol–water partition coefficient (Wildman–Crippen LogP) is 9.17. The van der Waals surface area contributed by atoms with Crippen molar-refractivity contribution in [1.29, 1.82) is 0 Å². The van der Waals surface area contributed by atoms with Crippen LogP contribution in [0.2, 0.25) is 5.02 Å². The van der Waals surface area contributed by atoms with Gasteiger partial charge in [-0.2, -0.15) is 0 Å². The molecule has 0 saturated carbocycles. The SMILES string of the molecule is Cc1ccc(-c2nc(-c3ccccc3)nc(-c3ccccc3)n2)cc1-c1cccc(-c2cccc(Cl)c2)c1. The van der Waals surface area contributed by atoms with Crippen molar-refractivity contribution in [3.63, 3.8) is 0 Å². The van der Waals surface area contributed by atoms with Crippen molar-refractivity contribution in [2.45, 2.75) is 6.92 Å². The second-order valence-electron chi connectivity index (χ2n) is 9.16. The van der Waals surface area contributed by atoms with E-state index in [9.17, 15) is 0 Å². The lowest BCUT2D eigenvalue weighted by molar-refractivity contribution is 1.07. The lowest BCUT2D eigenvalue weighted by Gasteiger charge is -2.12. The maximum atomic E-state index is 6.26. The molecule has 0 N–H and O–H groups in total. The number of hydrogen-bond donors (Lipinski definition) is 0. The fourth-order valence-electron chi connectivity index (χ4n) is 4.54. The maximum absolute atomic E-state index is 6.26. The molecule has 5 aromatic carbocycles. The highest BCUT2D eigenvalue weighted by atomic mass is 35.5. The van der Waals surface area contributed by atoms with E-state index in [2.05, 4.69) is 55.5 Å². The summed E-state index contributed by atoms with van der Waals surface area (Å²) in [7, 11) is 0. The van der Waals surface area contributed by atoms with Crippen molar-refractivity contribution in [2.24, 2.45) is 0 Å². The summed E-state index contributed by atoms with van der Waals surface area (Å²) in [5.41, 5.74) is 8.49. The zero-order chi connectivity index (χ0) is 25.9. The number of hydrogen-bond acceptors (Lipinski definition) is 3. The molecule has 0 fully saturated rings. The number of nitrogens with zero attached hydrogens (tertiary/aromatic N) is 3. The molecule has 0 amide bonds. The van der Waals surface area contributed by atoms with E-state index in [0.717, 1.165) is 44.0 Å². The Balaban J connectivity index is 1.47. The zero-order valence-corrected chi connectivity index (χ0v) is 21.6. The summed E-state index contributed by atoms with van der Waals surface area (Å²) in [5.74, 6) is 1.95. The summed E-state index contributed by atoms with van der Waals surface area (Å²) in [5, 5.41) is 0.726. The molecule has 4 heteroatoms. The molecule has 1 aromatic heterocycles. The predicted molar refractivity (Wildman–Crippen MR) is 157 cm³/mol. The lowest BCUT2D eigenvalue weighted by atomic mass is 9.95. The van der Waals surface area contributed by atoms with Gasteiger partial charge in [0.2, 0.25) is 0 Å². The van der Waals surface area contributed by atoms with Gasteiger partial charge < -0.3 is 0 Å². The Morgan fingerprint density at radius 3 is 1.53 bits per heavy atom. The third-order valence-corrected chi connectivity index (χ3v) is 6.76. The van der Waals surface area contributed by atoms with Gasteiger partial charge in [0.15, 0.2) is 17.5 Å². The molecular formula is C34H24ClN3. The van der Waals surface area contributed by atoms with E-state index >= 15 is 0 Å². The number of aryl methyl sites for hydroxylation is 1. The monoisotopic (exact) mass is 509 g/mol. The van der Waals surface area contributed by atoms with Gasteiger partial charge in [-0.3, -0.25) is 0 Å². The molecule has 0 aliphatic rings. The van der Waals surface area contributed by atoms with E-state index < -0.39 is 0 Å². The molecule has 0 atom stereocenters. The van der Waals surface area contributed by atoms with Crippen LogP contribution in [0.25, 0.3) is 56.4 Å². The molecule has 6 aromatic rings. The van der Waals surface area contributed by atoms with Crippen LogP contribution in [0.5, 0.6) is 0 Å². The smallest absolute Gasteiger partial charge is 0.164 e. The van der Waals surface area contributed by atoms with E-state index in [-0.39, 0.29) is 0 Å². The first-order valence-electron chi connectivity index (χ1n) is 12.5. The third-order valence-electron chi connectivity index (χ3n) is 6.53. The first-order chi connectivity index (χ1) is 18.6. The molecule has 0 bridgehead atoms. The minimum absolute atomic E-state index is 0.643. The van der Waals surface area contributed by atoms with Gasteiger partial charge in [0.25, 0.3) is 0 Å². The van der Waals surface area contributed by atoms with Crippen molar-refractivity contribution in [2.75, 3.05) is 0 Å². The number of aromatic nitrogens is 3. The van der Waals surface area contributed by atoms with E-state index in [0.29, 0.717) is 17.5 Å². The van der Waals surface area contributed by atoms with Crippen LogP contribution >= 0.6 is 11.6 Å². The van der Waals surface area contributed by atoms with Crippen molar-refractivity contribution < 1.29 is 0 Å². The highest BCUT2D eigenvalue weighted by Crippen LogP contribution is 2.33. The number of rotatable bonds is 5. The summed E-state index contributed by atoms with van der Waals surface area (Å²) in [6, 6.07) is 42.9. The van der Waals surface area contributed by atoms with Crippen LogP contribution in [0.3, 0.4) is 0 Å². The Kier molecular flexibility index (Phi) is 6.51. The Bertz CT molecular complexity index is 1670. The van der Waals surface area contributed by atoms with Crippen molar-refractivity contribution in [3.8, 4) is 56.4 Å². The van der Waals surface area contributed by atoms with Crippen molar-refractivity contribution in [3.05, 3.63) is 138 Å². The standard InChI is InChI=1S/C34H24ClN3/c1-23-18-19-29(22-31(23)28-16-8-14-26(20-28)27-15-9-17-30(35)21-27)34-37-32(24-10-4-2-5-11-24)36-33(38-34)25-12-6-3-7-13-25/h2-22H,1H3. The molecule has 0 aliphatic carbocycles. The lowest BCUT2D eigenvalue weighted by Crippen LogP contribution is -2.00. The van der Waals surface area contributed by atoms with Crippen LogP contribution in [0, 0.1) is 6.92 Å². The Morgan fingerprint density at radius 2 is 0.921 bits per heavy atom. The highest BCUT2D eigenvalue weighted by molar-refractivity contribution is 6.30. The molecule has 38 heavy (non-hydrogen) atoms. The van der Waals surface area contributed by atoms with Crippen LogP contribution in [-0.2, 0) is 0 Å². The van der Waals surface area contributed by atoms with Crippen molar-refractivity contribution >= 4 is 11.6 Å². The molecular weight excluding hydrogens is 486 g/mol. The van der Waals surface area contributed by atoms with Crippen LogP contribution < -0.4 is 0 Å². The van der Waals surface area contributed by atoms with Crippen molar-refractivity contribution in [1.82, 2.24) is 15.0 Å². The van der Waals surface area contributed by atoms with E-state index in [1.54, 1.807) is 0 Å². The van der Waals surface area contributed by atoms with Gasteiger partial charge in [0.1, 0.15) is 0 Å². The average molecular weight is 510 g/mol. The van der Waals surface area contributed by atoms with Gasteiger partial charge in [-0.15, -0.1) is 0 Å². The Hall–Kier alpha value is -4.60. The average Bonchev–Trinajstić information content (AvgIpc) is 2.98. The van der Waals surface area contributed by atoms with Gasteiger partial charge in [-0.25, -0.2) is 15.0 Å². The quantitative estimate of drug-likeness (QED) is 0.232. The van der Waals surface area contributed by atoms with E-state index in [1.807, 2.05) is 78.9 Å². The van der Waals surface area contributed by atoms with Crippen LogP contribution in [0.15, 0.2) is 127 Å². The summed E-state index contributed by atoms with van der Waals surface area (Å²) in [4.78, 5) is 14.6. The minimum atomic E-state index is 0.643. The molecule has 0 radical (unpaired) electrons. The van der Waals surface area contributed by atoms with Gasteiger partial charge in [-0.05, 0) is 59.0 Å². The van der Waals surface area contributed by atoms with Crippen LogP contribution in [0.1, 0.15) is 5.56 Å². The number of halogens is 1. The molecule has 0 spiro atoms. The fourth-order valence-corrected chi connectivity index (χ4v) is 4.73. The molecule has 0 saturated heterocycles. The van der Waals surface area contributed by atoms with E-state index in [1.165, 1.54) is 5.56 Å². The third kappa shape index (κ3) is 4.97. The van der Waals surface area contributed by atoms with Gasteiger partial charge in [0.05, 0.1) is 0 Å². The molecule has 3 nitrogen and oxygen atoms in total. The zero-order valence-electron chi connectivity index (χ0n) is 20.8. The maximum Gasteiger partial charge on any atom is 0.164 e. The normalized spacial score (nSPS) is 10.9. The molecule has 1 heterocycles. The first kappa shape index (κ1) is 23.8. The largest absolute Gasteiger partial charge is 0.208 e. The van der Waals surface area contributed by atoms with Crippen LogP contribution in [0.4, 0.5) is 0 Å². The topological polar surface area (TPSA) is 38.7 Å². The first-order valence-corrected chi connectivity index (χ1v) is 12.9. The van der Waals surface area contributed by atoms with Gasteiger partial charge >= 0.3 is 0 Å². The molecule has 0 unspecified atom stereocenters. The van der Waals surface area contributed by atoms with Gasteiger partial charge in [0, 0.05) is 21.7 Å². The minimum Gasteiger partial charge on any atom is -0.208 e. The van der Waals surface area contributed by atoms with E-state index in [4.69, 9.17) is 26.6 Å². The summed E-state index contributed by atoms with van der Waals surface area (Å²) >= 11 is 6.26. The Labute approximate surface area is 227 Å². The summed E-state index contributed by atoms with van der Waals surface area (Å²) in [6.45, 7) is 2.13. The van der Waals surface area contributed by atoms with Gasteiger partial charge in [-0.1, -0.05) is 115 Å². The highest BCUT2D eigenvalue weighted by Gasteiger charge is 2.14. The second-order valence-corrected chi connectivity index (χ2v) is 9.60. The Morgan fingerprint density at radius 1 is 0.421 bits per heavy atom. The fraction of sp³-hybridized carbons (Fsp3) is 0.0294. The molecule has 6 rings (SSSR count).